The summed E-state index contributed by atoms with van der Waals surface area (Å²) in [4.78, 5) is 12.0. The lowest BCUT2D eigenvalue weighted by atomic mass is 10.1. The fraction of sp³-hybridized carbons (Fsp3) is 0.929. The molecule has 0 aliphatic carbocycles. The van der Waals surface area contributed by atoms with Gasteiger partial charge in [0.05, 0.1) is 19.8 Å². The third-order valence-electron chi connectivity index (χ3n) is 2.78. The predicted molar refractivity (Wildman–Crippen MR) is 76.1 cm³/mol. The number of rotatable bonds is 6. The Morgan fingerprint density at radius 3 is 2.57 bits per heavy atom. The maximum atomic E-state index is 12.0. The Kier molecular flexibility index (Phi) is 7.37. The van der Waals surface area contributed by atoms with Crippen molar-refractivity contribution < 1.29 is 28.5 Å². The Morgan fingerprint density at radius 2 is 2.10 bits per heavy atom. The second-order valence-corrected chi connectivity index (χ2v) is 5.72. The van der Waals surface area contributed by atoms with Crippen molar-refractivity contribution in [3.8, 4) is 0 Å². The maximum Gasteiger partial charge on any atom is 0.408 e. The van der Waals surface area contributed by atoms with Gasteiger partial charge in [-0.2, -0.15) is 0 Å². The van der Waals surface area contributed by atoms with E-state index in [1.807, 2.05) is 6.92 Å². The highest BCUT2D eigenvalue weighted by Gasteiger charge is 2.35. The zero-order chi connectivity index (χ0) is 15.9. The number of methoxy groups -OCH3 is 1. The van der Waals surface area contributed by atoms with Crippen LogP contribution in [0.2, 0.25) is 0 Å². The van der Waals surface area contributed by atoms with Crippen LogP contribution in [0, 0.1) is 0 Å². The van der Waals surface area contributed by atoms with E-state index in [-0.39, 0.29) is 6.10 Å². The summed E-state index contributed by atoms with van der Waals surface area (Å²) in [6, 6.07) is -0.509. The number of nitrogens with one attached hydrogen (secondary N) is 1. The molecule has 0 aromatic rings. The van der Waals surface area contributed by atoms with Crippen LogP contribution in [-0.4, -0.2) is 63.7 Å². The molecule has 1 aliphatic heterocycles. The summed E-state index contributed by atoms with van der Waals surface area (Å²) in [5.41, 5.74) is -0.577. The van der Waals surface area contributed by atoms with Gasteiger partial charge in [-0.15, -0.1) is 0 Å². The van der Waals surface area contributed by atoms with Crippen molar-refractivity contribution >= 4 is 6.09 Å². The van der Waals surface area contributed by atoms with E-state index in [2.05, 4.69) is 5.32 Å². The summed E-state index contributed by atoms with van der Waals surface area (Å²) in [7, 11) is 1.52. The van der Waals surface area contributed by atoms with E-state index in [0.717, 1.165) is 0 Å². The molecule has 1 heterocycles. The standard InChI is InChI=1S/C14H27NO6/c1-6-19-12(17-5)11(10-9-18-7-8-20-10)15-13(16)21-14(2,3)4/h10-12H,6-9H2,1-5H3,(H,15,16). The van der Waals surface area contributed by atoms with Gasteiger partial charge in [0, 0.05) is 13.7 Å². The predicted octanol–water partition coefficient (Wildman–Crippen LogP) is 1.30. The Morgan fingerprint density at radius 1 is 1.38 bits per heavy atom. The lowest BCUT2D eigenvalue weighted by Gasteiger charge is -2.35. The van der Waals surface area contributed by atoms with Crippen LogP contribution in [0.1, 0.15) is 27.7 Å². The molecular weight excluding hydrogens is 278 g/mol. The summed E-state index contributed by atoms with van der Waals surface area (Å²) >= 11 is 0. The van der Waals surface area contributed by atoms with E-state index in [0.29, 0.717) is 26.4 Å². The summed E-state index contributed by atoms with van der Waals surface area (Å²) < 4.78 is 27.1. The van der Waals surface area contributed by atoms with Gasteiger partial charge in [-0.3, -0.25) is 0 Å². The normalized spacial score (nSPS) is 22.4. The van der Waals surface area contributed by atoms with Gasteiger partial charge in [0.1, 0.15) is 17.7 Å². The molecule has 1 amide bonds. The zero-order valence-corrected chi connectivity index (χ0v) is 13.5. The molecule has 0 spiro atoms. The smallest absolute Gasteiger partial charge is 0.408 e. The van der Waals surface area contributed by atoms with Gasteiger partial charge in [0.15, 0.2) is 6.29 Å². The van der Waals surface area contributed by atoms with Crippen molar-refractivity contribution in [2.75, 3.05) is 33.5 Å². The first kappa shape index (κ1) is 18.2. The van der Waals surface area contributed by atoms with Gasteiger partial charge in [0.25, 0.3) is 0 Å². The third-order valence-corrected chi connectivity index (χ3v) is 2.78. The molecule has 1 fully saturated rings. The molecule has 3 atom stereocenters. The van der Waals surface area contributed by atoms with E-state index in [9.17, 15) is 4.79 Å². The minimum absolute atomic E-state index is 0.345. The Hall–Kier alpha value is -0.890. The second kappa shape index (κ2) is 8.53. The number of hydrogen-bond donors (Lipinski definition) is 1. The molecule has 1 rings (SSSR count). The van der Waals surface area contributed by atoms with Gasteiger partial charge in [-0.1, -0.05) is 0 Å². The lowest BCUT2D eigenvalue weighted by Crippen LogP contribution is -2.56. The van der Waals surface area contributed by atoms with Gasteiger partial charge >= 0.3 is 6.09 Å². The topological polar surface area (TPSA) is 75.3 Å². The zero-order valence-electron chi connectivity index (χ0n) is 13.5. The third kappa shape index (κ3) is 6.60. The van der Waals surface area contributed by atoms with Crippen molar-refractivity contribution in [2.24, 2.45) is 0 Å². The Balaban J connectivity index is 2.72. The second-order valence-electron chi connectivity index (χ2n) is 5.72. The Bertz CT molecular complexity index is 306. The first-order chi connectivity index (χ1) is 9.87. The maximum absolute atomic E-state index is 12.0. The van der Waals surface area contributed by atoms with E-state index < -0.39 is 24.0 Å². The fourth-order valence-corrected chi connectivity index (χ4v) is 1.98. The average Bonchev–Trinajstić information content (AvgIpc) is 2.41. The number of ether oxygens (including phenoxy) is 5. The number of carbonyl (C=O) groups is 1. The summed E-state index contributed by atoms with van der Waals surface area (Å²) in [5.74, 6) is 0. The molecule has 0 aromatic heterocycles. The van der Waals surface area contributed by atoms with Crippen molar-refractivity contribution in [3.63, 3.8) is 0 Å². The number of carbonyl (C=O) groups excluding carboxylic acids is 1. The molecule has 0 bridgehead atoms. The first-order valence-corrected chi connectivity index (χ1v) is 7.20. The summed E-state index contributed by atoms with van der Waals surface area (Å²) in [6.45, 7) is 9.11. The largest absolute Gasteiger partial charge is 0.444 e. The average molecular weight is 305 g/mol. The molecule has 21 heavy (non-hydrogen) atoms. The van der Waals surface area contributed by atoms with E-state index in [1.54, 1.807) is 20.8 Å². The molecule has 3 unspecified atom stereocenters. The van der Waals surface area contributed by atoms with Crippen LogP contribution >= 0.6 is 0 Å². The molecule has 7 heteroatoms. The number of hydrogen-bond acceptors (Lipinski definition) is 6. The molecule has 0 radical (unpaired) electrons. The van der Waals surface area contributed by atoms with Gasteiger partial charge in [0.2, 0.25) is 0 Å². The molecule has 1 N–H and O–H groups in total. The molecule has 1 aliphatic rings. The minimum Gasteiger partial charge on any atom is -0.444 e. The highest BCUT2D eigenvalue weighted by Crippen LogP contribution is 2.14. The van der Waals surface area contributed by atoms with Crippen LogP contribution in [0.25, 0.3) is 0 Å². The minimum atomic E-state index is -0.630. The van der Waals surface area contributed by atoms with Crippen molar-refractivity contribution in [1.29, 1.82) is 0 Å². The molecule has 1 saturated heterocycles. The van der Waals surface area contributed by atoms with Crippen molar-refractivity contribution in [1.82, 2.24) is 5.32 Å². The monoisotopic (exact) mass is 305 g/mol. The van der Waals surface area contributed by atoms with Crippen LogP contribution in [0.15, 0.2) is 0 Å². The van der Waals surface area contributed by atoms with Crippen LogP contribution in [0.5, 0.6) is 0 Å². The van der Waals surface area contributed by atoms with E-state index in [4.69, 9.17) is 23.7 Å². The molecule has 0 aromatic carbocycles. The fourth-order valence-electron chi connectivity index (χ4n) is 1.98. The highest BCUT2D eigenvalue weighted by molar-refractivity contribution is 5.68. The van der Waals surface area contributed by atoms with Crippen molar-refractivity contribution in [2.45, 2.75) is 51.7 Å². The molecule has 124 valence electrons. The molecule has 7 nitrogen and oxygen atoms in total. The highest BCUT2D eigenvalue weighted by atomic mass is 16.7. The van der Waals surface area contributed by atoms with Crippen LogP contribution in [0.3, 0.4) is 0 Å². The number of amides is 1. The van der Waals surface area contributed by atoms with Crippen molar-refractivity contribution in [3.05, 3.63) is 0 Å². The summed E-state index contributed by atoms with van der Waals surface area (Å²) in [6.07, 6.45) is -1.51. The van der Waals surface area contributed by atoms with Crippen LogP contribution in [-0.2, 0) is 23.7 Å². The van der Waals surface area contributed by atoms with Gasteiger partial charge < -0.3 is 29.0 Å². The van der Waals surface area contributed by atoms with Gasteiger partial charge in [-0.05, 0) is 27.7 Å². The summed E-state index contributed by atoms with van der Waals surface area (Å²) in [5, 5.41) is 2.76. The molecule has 0 saturated carbocycles. The molecular formula is C14H27NO6. The first-order valence-electron chi connectivity index (χ1n) is 7.20. The lowest BCUT2D eigenvalue weighted by molar-refractivity contribution is -0.185. The Labute approximate surface area is 126 Å². The van der Waals surface area contributed by atoms with Crippen LogP contribution in [0.4, 0.5) is 4.79 Å². The number of alkyl carbamates (subject to hydrolysis) is 1. The quantitative estimate of drug-likeness (QED) is 0.746. The van der Waals surface area contributed by atoms with Crippen LogP contribution < -0.4 is 5.32 Å². The van der Waals surface area contributed by atoms with E-state index >= 15 is 0 Å². The van der Waals surface area contributed by atoms with E-state index in [1.165, 1.54) is 7.11 Å². The SMILES string of the molecule is CCOC(OC)C(NC(=O)OC(C)(C)C)C1COCCO1. The van der Waals surface area contributed by atoms with Gasteiger partial charge in [-0.25, -0.2) is 4.79 Å².